The van der Waals surface area contributed by atoms with Crippen LogP contribution in [0.15, 0.2) is 0 Å². The lowest BCUT2D eigenvalue weighted by Crippen LogP contribution is -2.45. The Kier molecular flexibility index (Phi) is 19.1. The van der Waals surface area contributed by atoms with Crippen molar-refractivity contribution in [1.82, 2.24) is 16.0 Å². The lowest BCUT2D eigenvalue weighted by atomic mass is 10.1. The minimum absolute atomic E-state index is 0. The van der Waals surface area contributed by atoms with E-state index in [2.05, 4.69) is 22.9 Å². The molecule has 6 heteroatoms. The lowest BCUT2D eigenvalue weighted by molar-refractivity contribution is 0.554. The molecule has 0 aromatic heterocycles. The SMILES string of the molecule is CCCCCCCCCCCCNC(=N)NC(=N)NCC.Cl. The number of hydrogen-bond acceptors (Lipinski definition) is 2. The molecule has 0 saturated heterocycles. The van der Waals surface area contributed by atoms with Gasteiger partial charge in [0.15, 0.2) is 11.9 Å². The quantitative estimate of drug-likeness (QED) is 0.213. The summed E-state index contributed by atoms with van der Waals surface area (Å²) < 4.78 is 0. The molecule has 0 bridgehead atoms. The van der Waals surface area contributed by atoms with Crippen molar-refractivity contribution in [2.75, 3.05) is 13.1 Å². The molecule has 0 aliphatic rings. The third-order valence-electron chi connectivity index (χ3n) is 3.44. The van der Waals surface area contributed by atoms with E-state index in [-0.39, 0.29) is 24.3 Å². The highest BCUT2D eigenvalue weighted by atomic mass is 35.5. The van der Waals surface area contributed by atoms with Gasteiger partial charge in [0, 0.05) is 13.1 Å². The predicted octanol–water partition coefficient (Wildman–Crippen LogP) is 3.99. The minimum atomic E-state index is 0. The van der Waals surface area contributed by atoms with Crippen LogP contribution in [-0.2, 0) is 0 Å². The molecule has 22 heavy (non-hydrogen) atoms. The van der Waals surface area contributed by atoms with Gasteiger partial charge in [0.1, 0.15) is 0 Å². The van der Waals surface area contributed by atoms with Gasteiger partial charge in [0.25, 0.3) is 0 Å². The Morgan fingerprint density at radius 3 is 1.64 bits per heavy atom. The van der Waals surface area contributed by atoms with Crippen molar-refractivity contribution in [2.45, 2.75) is 78.1 Å². The fourth-order valence-corrected chi connectivity index (χ4v) is 2.22. The first kappa shape index (κ1) is 23.3. The Morgan fingerprint density at radius 1 is 0.682 bits per heavy atom. The van der Waals surface area contributed by atoms with E-state index in [1.807, 2.05) is 6.92 Å². The van der Waals surface area contributed by atoms with Gasteiger partial charge >= 0.3 is 0 Å². The summed E-state index contributed by atoms with van der Waals surface area (Å²) in [7, 11) is 0. The highest BCUT2D eigenvalue weighted by molar-refractivity contribution is 5.95. The van der Waals surface area contributed by atoms with E-state index < -0.39 is 0 Å². The number of guanidine groups is 2. The monoisotopic (exact) mass is 333 g/mol. The summed E-state index contributed by atoms with van der Waals surface area (Å²) >= 11 is 0. The molecule has 0 rings (SSSR count). The molecule has 5 nitrogen and oxygen atoms in total. The zero-order chi connectivity index (χ0) is 15.8. The highest BCUT2D eigenvalue weighted by Gasteiger charge is 1.98. The van der Waals surface area contributed by atoms with Gasteiger partial charge in [0.05, 0.1) is 0 Å². The first-order valence-electron chi connectivity index (χ1n) is 8.62. The average Bonchev–Trinajstić information content (AvgIpc) is 2.45. The lowest BCUT2D eigenvalue weighted by Gasteiger charge is -2.11. The van der Waals surface area contributed by atoms with Crippen LogP contribution in [0.4, 0.5) is 0 Å². The summed E-state index contributed by atoms with van der Waals surface area (Å²) in [5.41, 5.74) is 0. The van der Waals surface area contributed by atoms with E-state index in [0.29, 0.717) is 6.54 Å². The van der Waals surface area contributed by atoms with Crippen molar-refractivity contribution in [3.63, 3.8) is 0 Å². The molecule has 0 aromatic carbocycles. The molecule has 0 fully saturated rings. The van der Waals surface area contributed by atoms with Crippen molar-refractivity contribution in [3.8, 4) is 0 Å². The van der Waals surface area contributed by atoms with Crippen LogP contribution < -0.4 is 16.0 Å². The van der Waals surface area contributed by atoms with Crippen LogP contribution in [0.25, 0.3) is 0 Å². The second-order valence-electron chi connectivity index (χ2n) is 5.51. The predicted molar refractivity (Wildman–Crippen MR) is 99.4 cm³/mol. The molecule has 5 N–H and O–H groups in total. The maximum absolute atomic E-state index is 7.62. The van der Waals surface area contributed by atoms with Crippen LogP contribution in [0.2, 0.25) is 0 Å². The van der Waals surface area contributed by atoms with Gasteiger partial charge in [-0.05, 0) is 13.3 Å². The van der Waals surface area contributed by atoms with Crippen LogP contribution in [0, 0.1) is 10.8 Å². The molecule has 0 aromatic rings. The third-order valence-corrected chi connectivity index (χ3v) is 3.44. The summed E-state index contributed by atoms with van der Waals surface area (Å²) in [4.78, 5) is 0. The number of rotatable bonds is 12. The Morgan fingerprint density at radius 2 is 1.14 bits per heavy atom. The maximum Gasteiger partial charge on any atom is 0.195 e. The van der Waals surface area contributed by atoms with Crippen LogP contribution in [0.1, 0.15) is 78.1 Å². The topological polar surface area (TPSA) is 83.8 Å². The molecule has 0 aliphatic heterocycles. The molecular formula is C16H36ClN5. The van der Waals surface area contributed by atoms with Gasteiger partial charge < -0.3 is 10.6 Å². The zero-order valence-corrected chi connectivity index (χ0v) is 15.2. The molecule has 0 saturated carbocycles. The largest absolute Gasteiger partial charge is 0.357 e. The zero-order valence-electron chi connectivity index (χ0n) is 14.4. The molecule has 0 amide bonds. The summed E-state index contributed by atoms with van der Waals surface area (Å²) in [6.07, 6.45) is 13.2. The van der Waals surface area contributed by atoms with E-state index in [9.17, 15) is 0 Å². The van der Waals surface area contributed by atoms with E-state index >= 15 is 0 Å². The van der Waals surface area contributed by atoms with Crippen molar-refractivity contribution in [3.05, 3.63) is 0 Å². The summed E-state index contributed by atoms with van der Waals surface area (Å²) in [6, 6.07) is 0. The molecule has 132 valence electrons. The van der Waals surface area contributed by atoms with Crippen LogP contribution >= 0.6 is 12.4 Å². The average molecular weight is 334 g/mol. The first-order chi connectivity index (χ1) is 10.2. The Bertz CT molecular complexity index is 271. The van der Waals surface area contributed by atoms with Crippen molar-refractivity contribution >= 4 is 24.3 Å². The Labute approximate surface area is 142 Å². The molecule has 0 unspecified atom stereocenters. The molecule has 0 aliphatic carbocycles. The summed E-state index contributed by atoms with van der Waals surface area (Å²) in [5, 5.41) is 23.5. The maximum atomic E-state index is 7.62. The molecule has 0 radical (unpaired) electrons. The van der Waals surface area contributed by atoms with E-state index in [1.165, 1.54) is 57.8 Å². The Hall–Kier alpha value is -0.970. The molecular weight excluding hydrogens is 298 g/mol. The number of halogens is 1. The second-order valence-corrected chi connectivity index (χ2v) is 5.51. The number of unbranched alkanes of at least 4 members (excludes halogenated alkanes) is 9. The van der Waals surface area contributed by atoms with Gasteiger partial charge in [-0.1, -0.05) is 64.7 Å². The van der Waals surface area contributed by atoms with E-state index in [0.717, 1.165) is 13.0 Å². The van der Waals surface area contributed by atoms with Crippen molar-refractivity contribution < 1.29 is 0 Å². The van der Waals surface area contributed by atoms with Crippen LogP contribution in [-0.4, -0.2) is 25.0 Å². The van der Waals surface area contributed by atoms with Crippen molar-refractivity contribution in [2.24, 2.45) is 0 Å². The first-order valence-corrected chi connectivity index (χ1v) is 8.62. The highest BCUT2D eigenvalue weighted by Crippen LogP contribution is 2.10. The summed E-state index contributed by atoms with van der Waals surface area (Å²) in [5.74, 6) is 0.384. The molecule has 0 atom stereocenters. The van der Waals surface area contributed by atoms with Gasteiger partial charge in [-0.15, -0.1) is 12.4 Å². The third kappa shape index (κ3) is 17.1. The molecule has 0 heterocycles. The van der Waals surface area contributed by atoms with Gasteiger partial charge in [-0.3, -0.25) is 16.1 Å². The smallest absolute Gasteiger partial charge is 0.195 e. The fraction of sp³-hybridized carbons (Fsp3) is 0.875. The Balaban J connectivity index is 0. The van der Waals surface area contributed by atoms with Gasteiger partial charge in [0.2, 0.25) is 0 Å². The van der Waals surface area contributed by atoms with E-state index in [4.69, 9.17) is 10.8 Å². The summed E-state index contributed by atoms with van der Waals surface area (Å²) in [6.45, 7) is 5.68. The van der Waals surface area contributed by atoms with E-state index in [1.54, 1.807) is 0 Å². The fourth-order valence-electron chi connectivity index (χ4n) is 2.22. The second kappa shape index (κ2) is 18.1. The van der Waals surface area contributed by atoms with Crippen LogP contribution in [0.5, 0.6) is 0 Å². The standard InChI is InChI=1S/C16H35N5.ClH/c1-3-5-6-7-8-9-10-11-12-13-14-20-16(18)21-15(17)19-4-2;/h3-14H2,1-2H3,(H5,17,18,19,20,21);1H. The number of hydrogen-bond donors (Lipinski definition) is 5. The van der Waals surface area contributed by atoms with Crippen molar-refractivity contribution in [1.29, 1.82) is 10.8 Å². The van der Waals surface area contributed by atoms with Crippen LogP contribution in [0.3, 0.4) is 0 Å². The normalized spacial score (nSPS) is 9.73. The number of nitrogens with one attached hydrogen (secondary N) is 5. The van der Waals surface area contributed by atoms with Gasteiger partial charge in [-0.25, -0.2) is 0 Å². The van der Waals surface area contributed by atoms with Gasteiger partial charge in [-0.2, -0.15) is 0 Å². The minimum Gasteiger partial charge on any atom is -0.357 e. The molecule has 0 spiro atoms.